The Labute approximate surface area is 84.1 Å². The van der Waals surface area contributed by atoms with Crippen LogP contribution in [0, 0.1) is 11.3 Å². The summed E-state index contributed by atoms with van der Waals surface area (Å²) in [4.78, 5) is 10.9. The Bertz CT molecular complexity index is 199. The number of nitriles is 1. The maximum atomic E-state index is 10.9. The van der Waals surface area contributed by atoms with E-state index in [2.05, 4.69) is 10.6 Å². The maximum absolute atomic E-state index is 10.9. The number of aliphatic hydroxyl groups excluding tert-OH is 1. The second-order valence-corrected chi connectivity index (χ2v) is 3.10. The fraction of sp³-hybridized carbons (Fsp3) is 0.778. The Kier molecular flexibility index (Phi) is 7.80. The molecule has 0 radical (unpaired) electrons. The van der Waals surface area contributed by atoms with Crippen molar-refractivity contribution in [3.05, 3.63) is 0 Å². The van der Waals surface area contributed by atoms with Crippen molar-refractivity contribution in [3.8, 4) is 6.07 Å². The zero-order chi connectivity index (χ0) is 10.8. The molecule has 0 aromatic heterocycles. The SMILES string of the molecule is CC(O)CCCNCC(=O)NCC#N. The molecular formula is C9H17N3O2. The molecule has 0 saturated carbocycles. The maximum Gasteiger partial charge on any atom is 0.234 e. The van der Waals surface area contributed by atoms with Crippen molar-refractivity contribution in [3.63, 3.8) is 0 Å². The van der Waals surface area contributed by atoms with Crippen molar-refractivity contribution in [2.75, 3.05) is 19.6 Å². The van der Waals surface area contributed by atoms with Gasteiger partial charge in [-0.1, -0.05) is 0 Å². The zero-order valence-corrected chi connectivity index (χ0v) is 8.42. The number of hydrogen-bond donors (Lipinski definition) is 3. The monoisotopic (exact) mass is 199 g/mol. The van der Waals surface area contributed by atoms with Crippen LogP contribution < -0.4 is 10.6 Å². The summed E-state index contributed by atoms with van der Waals surface area (Å²) in [5.74, 6) is -0.177. The molecule has 5 heteroatoms. The second-order valence-electron chi connectivity index (χ2n) is 3.10. The van der Waals surface area contributed by atoms with Gasteiger partial charge in [-0.05, 0) is 26.3 Å². The van der Waals surface area contributed by atoms with Gasteiger partial charge in [-0.25, -0.2) is 0 Å². The Balaban J connectivity index is 3.20. The van der Waals surface area contributed by atoms with E-state index < -0.39 is 0 Å². The van der Waals surface area contributed by atoms with Crippen LogP contribution in [-0.2, 0) is 4.79 Å². The zero-order valence-electron chi connectivity index (χ0n) is 8.42. The predicted molar refractivity (Wildman–Crippen MR) is 52.4 cm³/mol. The summed E-state index contributed by atoms with van der Waals surface area (Å²) in [5.41, 5.74) is 0. The molecule has 0 aliphatic heterocycles. The topological polar surface area (TPSA) is 85.2 Å². The molecule has 0 aromatic carbocycles. The lowest BCUT2D eigenvalue weighted by Gasteiger charge is -2.05. The first kappa shape index (κ1) is 12.9. The molecule has 1 unspecified atom stereocenters. The van der Waals surface area contributed by atoms with Gasteiger partial charge in [-0.3, -0.25) is 4.79 Å². The van der Waals surface area contributed by atoms with Crippen LogP contribution in [0.4, 0.5) is 0 Å². The molecule has 0 saturated heterocycles. The van der Waals surface area contributed by atoms with Crippen molar-refractivity contribution in [1.82, 2.24) is 10.6 Å². The molecule has 0 fully saturated rings. The van der Waals surface area contributed by atoms with Crippen LogP contribution in [-0.4, -0.2) is 36.8 Å². The summed E-state index contributed by atoms with van der Waals surface area (Å²) < 4.78 is 0. The van der Waals surface area contributed by atoms with Crippen LogP contribution >= 0.6 is 0 Å². The number of nitrogens with zero attached hydrogens (tertiary/aromatic N) is 1. The lowest BCUT2D eigenvalue weighted by molar-refractivity contribution is -0.120. The number of rotatable bonds is 7. The average molecular weight is 199 g/mol. The van der Waals surface area contributed by atoms with Gasteiger partial charge in [0.15, 0.2) is 0 Å². The fourth-order valence-corrected chi connectivity index (χ4v) is 0.925. The van der Waals surface area contributed by atoms with E-state index >= 15 is 0 Å². The minimum absolute atomic E-state index is 0.0498. The van der Waals surface area contributed by atoms with Crippen LogP contribution in [0.25, 0.3) is 0 Å². The molecule has 0 aliphatic carbocycles. The quantitative estimate of drug-likeness (QED) is 0.377. The minimum atomic E-state index is -0.288. The van der Waals surface area contributed by atoms with E-state index in [1.54, 1.807) is 6.92 Å². The first-order valence-electron chi connectivity index (χ1n) is 4.69. The standard InChI is InChI=1S/C9H17N3O2/c1-8(13)3-2-5-11-7-9(14)12-6-4-10/h8,11,13H,2-3,5-7H2,1H3,(H,12,14). The van der Waals surface area contributed by atoms with Crippen molar-refractivity contribution >= 4 is 5.91 Å². The van der Waals surface area contributed by atoms with E-state index in [4.69, 9.17) is 10.4 Å². The Morgan fingerprint density at radius 1 is 1.64 bits per heavy atom. The average Bonchev–Trinajstić information content (AvgIpc) is 2.13. The number of carbonyl (C=O) groups is 1. The largest absolute Gasteiger partial charge is 0.393 e. The van der Waals surface area contributed by atoms with Crippen molar-refractivity contribution in [2.45, 2.75) is 25.9 Å². The molecular weight excluding hydrogens is 182 g/mol. The van der Waals surface area contributed by atoms with E-state index in [9.17, 15) is 4.79 Å². The molecule has 1 amide bonds. The Morgan fingerprint density at radius 2 is 2.36 bits per heavy atom. The van der Waals surface area contributed by atoms with Crippen molar-refractivity contribution in [2.24, 2.45) is 0 Å². The van der Waals surface area contributed by atoms with Gasteiger partial charge >= 0.3 is 0 Å². The van der Waals surface area contributed by atoms with E-state index in [0.717, 1.165) is 12.8 Å². The summed E-state index contributed by atoms with van der Waals surface area (Å²) in [5, 5.41) is 22.4. The molecule has 80 valence electrons. The number of aliphatic hydroxyl groups is 1. The van der Waals surface area contributed by atoms with Crippen LogP contribution in [0.2, 0.25) is 0 Å². The lowest BCUT2D eigenvalue weighted by atomic mass is 10.2. The van der Waals surface area contributed by atoms with Gasteiger partial charge in [0.2, 0.25) is 5.91 Å². The molecule has 3 N–H and O–H groups in total. The molecule has 0 aliphatic rings. The normalized spacial score (nSPS) is 11.8. The van der Waals surface area contributed by atoms with E-state index in [1.165, 1.54) is 0 Å². The summed E-state index contributed by atoms with van der Waals surface area (Å²) in [7, 11) is 0. The molecule has 0 rings (SSSR count). The first-order chi connectivity index (χ1) is 6.66. The van der Waals surface area contributed by atoms with Crippen LogP contribution in [0.15, 0.2) is 0 Å². The van der Waals surface area contributed by atoms with E-state index in [1.807, 2.05) is 6.07 Å². The fourth-order valence-electron chi connectivity index (χ4n) is 0.925. The van der Waals surface area contributed by atoms with Gasteiger partial charge in [0.25, 0.3) is 0 Å². The summed E-state index contributed by atoms with van der Waals surface area (Å²) in [6.45, 7) is 2.71. The van der Waals surface area contributed by atoms with Gasteiger partial charge in [-0.2, -0.15) is 5.26 Å². The van der Waals surface area contributed by atoms with Crippen LogP contribution in [0.5, 0.6) is 0 Å². The second kappa shape index (κ2) is 8.48. The van der Waals surface area contributed by atoms with E-state index in [-0.39, 0.29) is 25.1 Å². The third-order valence-corrected chi connectivity index (χ3v) is 1.63. The third-order valence-electron chi connectivity index (χ3n) is 1.63. The molecule has 14 heavy (non-hydrogen) atoms. The molecule has 0 spiro atoms. The smallest absolute Gasteiger partial charge is 0.234 e. The molecule has 0 aromatic rings. The van der Waals surface area contributed by atoms with Gasteiger partial charge in [0, 0.05) is 0 Å². The molecule has 0 bridgehead atoms. The summed E-state index contributed by atoms with van der Waals surface area (Å²) >= 11 is 0. The highest BCUT2D eigenvalue weighted by Crippen LogP contribution is 1.92. The van der Waals surface area contributed by atoms with Crippen molar-refractivity contribution < 1.29 is 9.90 Å². The third kappa shape index (κ3) is 8.97. The predicted octanol–water partition coefficient (Wildman–Crippen LogP) is -0.623. The lowest BCUT2D eigenvalue weighted by Crippen LogP contribution is -2.34. The highest BCUT2D eigenvalue weighted by atomic mass is 16.3. The highest BCUT2D eigenvalue weighted by Gasteiger charge is 1.99. The van der Waals surface area contributed by atoms with Gasteiger partial charge in [-0.15, -0.1) is 0 Å². The van der Waals surface area contributed by atoms with Crippen LogP contribution in [0.1, 0.15) is 19.8 Å². The van der Waals surface area contributed by atoms with Gasteiger partial charge < -0.3 is 15.7 Å². The summed E-state index contributed by atoms with van der Waals surface area (Å²) in [6, 6.07) is 1.82. The van der Waals surface area contributed by atoms with Gasteiger partial charge in [0.05, 0.1) is 18.7 Å². The Hall–Kier alpha value is -1.12. The van der Waals surface area contributed by atoms with Gasteiger partial charge in [0.1, 0.15) is 6.54 Å². The number of nitrogens with one attached hydrogen (secondary N) is 2. The van der Waals surface area contributed by atoms with Crippen LogP contribution in [0.3, 0.4) is 0 Å². The molecule has 0 heterocycles. The number of hydrogen-bond acceptors (Lipinski definition) is 4. The number of amides is 1. The summed E-state index contributed by atoms with van der Waals surface area (Å²) in [6.07, 6.45) is 1.28. The highest BCUT2D eigenvalue weighted by molar-refractivity contribution is 5.78. The van der Waals surface area contributed by atoms with E-state index in [0.29, 0.717) is 6.54 Å². The molecule has 5 nitrogen and oxygen atoms in total. The van der Waals surface area contributed by atoms with Crippen molar-refractivity contribution in [1.29, 1.82) is 5.26 Å². The first-order valence-corrected chi connectivity index (χ1v) is 4.69. The minimum Gasteiger partial charge on any atom is -0.393 e. The Morgan fingerprint density at radius 3 is 2.93 bits per heavy atom. The molecule has 1 atom stereocenters. The number of carbonyl (C=O) groups excluding carboxylic acids is 1.